The first-order valence-corrected chi connectivity index (χ1v) is 10.4. The molecule has 0 amide bonds. The highest BCUT2D eigenvalue weighted by atomic mass is 32.2. The number of hydrogen-bond donors (Lipinski definition) is 1. The molecule has 0 bridgehead atoms. The van der Waals surface area contributed by atoms with Gasteiger partial charge in [0, 0.05) is 28.7 Å². The molecule has 1 fully saturated rings. The molecule has 5 aliphatic rings. The Hall–Kier alpha value is -2.19. The molecule has 2 heteroatoms. The lowest BCUT2D eigenvalue weighted by Crippen LogP contribution is -2.18. The summed E-state index contributed by atoms with van der Waals surface area (Å²) in [5.74, 6) is 1.79. The molecule has 1 nitrogen and oxygen atoms in total. The van der Waals surface area contributed by atoms with E-state index in [2.05, 4.69) is 96.0 Å². The van der Waals surface area contributed by atoms with Gasteiger partial charge in [-0.05, 0) is 40.2 Å². The largest absolute Gasteiger partial charge is 0.378 e. The van der Waals surface area contributed by atoms with E-state index in [0.29, 0.717) is 29.0 Å². The predicted molar refractivity (Wildman–Crippen MR) is 112 cm³/mol. The minimum absolute atomic E-state index is 0.420. The van der Waals surface area contributed by atoms with Crippen molar-refractivity contribution in [2.45, 2.75) is 23.6 Å². The minimum atomic E-state index is 0.420. The Morgan fingerprint density at radius 1 is 0.923 bits per heavy atom. The Morgan fingerprint density at radius 3 is 2.81 bits per heavy atom. The highest BCUT2D eigenvalue weighted by Crippen LogP contribution is 2.53. The van der Waals surface area contributed by atoms with Crippen molar-refractivity contribution in [1.82, 2.24) is 0 Å². The van der Waals surface area contributed by atoms with Crippen LogP contribution in [0.15, 0.2) is 83.9 Å². The SMILES string of the molecule is C1=CC2Nc3ccc(C4=CC=C5SC6C=CC=CC6C5C4)cc3C2C=C1. The monoisotopic (exact) mass is 355 g/mol. The van der Waals surface area contributed by atoms with Gasteiger partial charge in [0.1, 0.15) is 0 Å². The zero-order chi connectivity index (χ0) is 17.1. The van der Waals surface area contributed by atoms with Crippen LogP contribution in [-0.4, -0.2) is 11.3 Å². The van der Waals surface area contributed by atoms with Crippen LogP contribution in [-0.2, 0) is 0 Å². The Balaban J connectivity index is 1.33. The number of thioether (sulfide) groups is 1. The Labute approximate surface area is 159 Å². The van der Waals surface area contributed by atoms with Gasteiger partial charge in [-0.3, -0.25) is 0 Å². The molecule has 26 heavy (non-hydrogen) atoms. The molecule has 128 valence electrons. The van der Waals surface area contributed by atoms with Crippen LogP contribution in [0.3, 0.4) is 0 Å². The van der Waals surface area contributed by atoms with Crippen LogP contribution >= 0.6 is 11.8 Å². The van der Waals surface area contributed by atoms with E-state index in [9.17, 15) is 0 Å². The van der Waals surface area contributed by atoms with Crippen molar-refractivity contribution in [2.75, 3.05) is 5.32 Å². The minimum Gasteiger partial charge on any atom is -0.378 e. The number of fused-ring (bicyclic) bond motifs is 6. The summed E-state index contributed by atoms with van der Waals surface area (Å²) in [4.78, 5) is 1.57. The molecule has 6 rings (SSSR count). The van der Waals surface area contributed by atoms with E-state index >= 15 is 0 Å². The van der Waals surface area contributed by atoms with E-state index in [4.69, 9.17) is 0 Å². The Morgan fingerprint density at radius 2 is 1.81 bits per heavy atom. The molecule has 5 unspecified atom stereocenters. The molecule has 0 aromatic heterocycles. The number of hydrogen-bond acceptors (Lipinski definition) is 2. The third-order valence-corrected chi connectivity index (χ3v) is 7.81. The third-order valence-electron chi connectivity index (χ3n) is 6.35. The topological polar surface area (TPSA) is 12.0 Å². The fourth-order valence-corrected chi connectivity index (χ4v) is 6.49. The van der Waals surface area contributed by atoms with Crippen molar-refractivity contribution >= 4 is 23.0 Å². The van der Waals surface area contributed by atoms with Gasteiger partial charge in [0.25, 0.3) is 0 Å². The molecular weight excluding hydrogens is 334 g/mol. The smallest absolute Gasteiger partial charge is 0.0551 e. The second-order valence-electron chi connectivity index (χ2n) is 7.77. The van der Waals surface area contributed by atoms with E-state index in [1.54, 1.807) is 4.91 Å². The molecule has 0 spiro atoms. The van der Waals surface area contributed by atoms with Crippen molar-refractivity contribution in [3.8, 4) is 0 Å². The summed E-state index contributed by atoms with van der Waals surface area (Å²) < 4.78 is 0. The second-order valence-corrected chi connectivity index (χ2v) is 9.02. The average Bonchev–Trinajstić information content (AvgIpc) is 3.25. The van der Waals surface area contributed by atoms with Gasteiger partial charge in [0.05, 0.1) is 6.04 Å². The summed E-state index contributed by atoms with van der Waals surface area (Å²) in [6.45, 7) is 0. The molecular formula is C24H21NS. The van der Waals surface area contributed by atoms with Crippen molar-refractivity contribution in [3.63, 3.8) is 0 Å². The van der Waals surface area contributed by atoms with E-state index in [0.717, 1.165) is 6.42 Å². The van der Waals surface area contributed by atoms with Crippen LogP contribution in [0.25, 0.3) is 5.57 Å². The van der Waals surface area contributed by atoms with Crippen LogP contribution in [0.2, 0.25) is 0 Å². The zero-order valence-electron chi connectivity index (χ0n) is 14.5. The summed E-state index contributed by atoms with van der Waals surface area (Å²) in [6.07, 6.45) is 24.1. The lowest BCUT2D eigenvalue weighted by molar-refractivity contribution is 0.505. The van der Waals surface area contributed by atoms with Gasteiger partial charge in [0.15, 0.2) is 0 Å². The van der Waals surface area contributed by atoms with Crippen LogP contribution in [0, 0.1) is 11.8 Å². The summed E-state index contributed by atoms with van der Waals surface area (Å²) in [7, 11) is 0. The lowest BCUT2D eigenvalue weighted by atomic mass is 9.78. The van der Waals surface area contributed by atoms with E-state index in [1.807, 2.05) is 0 Å². The predicted octanol–water partition coefficient (Wildman–Crippen LogP) is 5.84. The van der Waals surface area contributed by atoms with Gasteiger partial charge >= 0.3 is 0 Å². The van der Waals surface area contributed by atoms with Gasteiger partial charge in [-0.15, -0.1) is 11.8 Å². The second kappa shape index (κ2) is 5.65. The van der Waals surface area contributed by atoms with Crippen molar-refractivity contribution < 1.29 is 0 Å². The molecule has 0 radical (unpaired) electrons. The summed E-state index contributed by atoms with van der Waals surface area (Å²) in [5.41, 5.74) is 5.63. The number of nitrogens with one attached hydrogen (secondary N) is 1. The molecule has 1 aromatic rings. The Bertz CT molecular complexity index is 958. The highest BCUT2D eigenvalue weighted by Gasteiger charge is 2.40. The maximum absolute atomic E-state index is 3.65. The maximum Gasteiger partial charge on any atom is 0.0551 e. The van der Waals surface area contributed by atoms with Gasteiger partial charge in [-0.2, -0.15) is 0 Å². The van der Waals surface area contributed by atoms with E-state index in [1.165, 1.54) is 22.4 Å². The first-order valence-electron chi connectivity index (χ1n) is 9.55. The van der Waals surface area contributed by atoms with Gasteiger partial charge < -0.3 is 5.32 Å². The molecule has 1 saturated heterocycles. The van der Waals surface area contributed by atoms with Crippen molar-refractivity contribution in [1.29, 1.82) is 0 Å². The third kappa shape index (κ3) is 2.18. The number of benzene rings is 1. The molecule has 0 saturated carbocycles. The molecule has 2 aliphatic heterocycles. The van der Waals surface area contributed by atoms with Crippen LogP contribution < -0.4 is 5.32 Å². The van der Waals surface area contributed by atoms with E-state index < -0.39 is 0 Å². The maximum atomic E-state index is 3.65. The molecule has 1 aromatic carbocycles. The lowest BCUT2D eigenvalue weighted by Gasteiger charge is -2.24. The number of rotatable bonds is 1. The molecule has 5 atom stereocenters. The van der Waals surface area contributed by atoms with Crippen molar-refractivity contribution in [2.24, 2.45) is 11.8 Å². The summed E-state index contributed by atoms with van der Waals surface area (Å²) in [5, 5.41) is 4.28. The molecule has 3 aliphatic carbocycles. The highest BCUT2D eigenvalue weighted by molar-refractivity contribution is 8.04. The fourth-order valence-electron chi connectivity index (χ4n) is 5.01. The van der Waals surface area contributed by atoms with Gasteiger partial charge in [-0.1, -0.05) is 66.8 Å². The fraction of sp³-hybridized carbons (Fsp3) is 0.250. The van der Waals surface area contributed by atoms with Gasteiger partial charge in [-0.25, -0.2) is 0 Å². The molecule has 1 N–H and O–H groups in total. The first kappa shape index (κ1) is 14.9. The molecule has 2 heterocycles. The standard InChI is InChI=1S/C24H21NS/c1-3-7-21-17(5-1)19-13-15(9-11-22(19)25-21)16-10-12-24-20(14-16)18-6-2-4-8-23(18)26-24/h1-13,17-18,20-21,23,25H,14H2. The van der Waals surface area contributed by atoms with Crippen molar-refractivity contribution in [3.05, 3.63) is 95.0 Å². The average molecular weight is 356 g/mol. The van der Waals surface area contributed by atoms with Crippen LogP contribution in [0.5, 0.6) is 0 Å². The van der Waals surface area contributed by atoms with E-state index in [-0.39, 0.29) is 0 Å². The summed E-state index contributed by atoms with van der Waals surface area (Å²) >= 11 is 2.06. The van der Waals surface area contributed by atoms with Crippen LogP contribution in [0.4, 0.5) is 5.69 Å². The zero-order valence-corrected chi connectivity index (χ0v) is 15.3. The first-order chi connectivity index (χ1) is 12.9. The number of anilines is 1. The Kier molecular flexibility index (Phi) is 3.25. The quantitative estimate of drug-likeness (QED) is 0.680. The van der Waals surface area contributed by atoms with Crippen LogP contribution in [0.1, 0.15) is 23.5 Å². The van der Waals surface area contributed by atoms with Gasteiger partial charge in [0.2, 0.25) is 0 Å². The summed E-state index contributed by atoms with van der Waals surface area (Å²) in [6, 6.07) is 7.43. The number of allylic oxidation sites excluding steroid dienone is 9. The normalized spacial score (nSPS) is 35.2.